The van der Waals surface area contributed by atoms with Gasteiger partial charge in [0.25, 0.3) is 5.91 Å². The van der Waals surface area contributed by atoms with Gasteiger partial charge in [-0.2, -0.15) is 13.2 Å². The summed E-state index contributed by atoms with van der Waals surface area (Å²) in [5.41, 5.74) is 4.96. The smallest absolute Gasteiger partial charge is 0.379 e. The first kappa shape index (κ1) is 13.6. The second-order valence-corrected chi connectivity index (χ2v) is 4.62. The molecule has 0 bridgehead atoms. The molecule has 1 aliphatic rings. The molecule has 1 amide bonds. The molecule has 1 unspecified atom stereocenters. The fourth-order valence-corrected chi connectivity index (χ4v) is 1.91. The SMILES string of the molecule is CC(C1CC1)N(CC(F)(F)F)C(=O)c1nonc1N. The van der Waals surface area contributed by atoms with Crippen molar-refractivity contribution < 1.29 is 22.6 Å². The van der Waals surface area contributed by atoms with Crippen molar-refractivity contribution >= 4 is 11.7 Å². The first-order valence-corrected chi connectivity index (χ1v) is 5.75. The van der Waals surface area contributed by atoms with Crippen LogP contribution in [0.2, 0.25) is 0 Å². The quantitative estimate of drug-likeness (QED) is 0.901. The Hall–Kier alpha value is -1.80. The third-order valence-corrected chi connectivity index (χ3v) is 3.12. The molecule has 9 heteroatoms. The van der Waals surface area contributed by atoms with Crippen LogP contribution in [0, 0.1) is 5.92 Å². The highest BCUT2D eigenvalue weighted by atomic mass is 19.4. The predicted molar refractivity (Wildman–Crippen MR) is 58.0 cm³/mol. The van der Waals surface area contributed by atoms with Gasteiger partial charge in [-0.3, -0.25) is 4.79 Å². The Morgan fingerprint density at radius 2 is 2.16 bits per heavy atom. The molecule has 19 heavy (non-hydrogen) atoms. The number of aromatic nitrogens is 2. The van der Waals surface area contributed by atoms with Crippen molar-refractivity contribution in [2.45, 2.75) is 32.0 Å². The van der Waals surface area contributed by atoms with Gasteiger partial charge in [0.2, 0.25) is 11.5 Å². The maximum absolute atomic E-state index is 12.6. The Morgan fingerprint density at radius 1 is 1.53 bits per heavy atom. The van der Waals surface area contributed by atoms with E-state index in [2.05, 4.69) is 14.9 Å². The molecule has 6 nitrogen and oxygen atoms in total. The molecule has 0 spiro atoms. The molecule has 2 rings (SSSR count). The summed E-state index contributed by atoms with van der Waals surface area (Å²) in [5.74, 6) is -1.12. The van der Waals surface area contributed by atoms with E-state index in [1.807, 2.05) is 0 Å². The average Bonchev–Trinajstić information content (AvgIpc) is 3.06. The monoisotopic (exact) mass is 278 g/mol. The molecule has 1 aromatic heterocycles. The summed E-state index contributed by atoms with van der Waals surface area (Å²) < 4.78 is 42.0. The minimum absolute atomic E-state index is 0.0902. The molecule has 1 aliphatic carbocycles. The second kappa shape index (κ2) is 4.71. The van der Waals surface area contributed by atoms with E-state index < -0.39 is 24.7 Å². The van der Waals surface area contributed by atoms with Crippen LogP contribution in [0.3, 0.4) is 0 Å². The number of hydrogen-bond donors (Lipinski definition) is 1. The summed E-state index contributed by atoms with van der Waals surface area (Å²) in [7, 11) is 0. The van der Waals surface area contributed by atoms with Crippen LogP contribution in [0.15, 0.2) is 4.63 Å². The number of nitrogens with zero attached hydrogens (tertiary/aromatic N) is 3. The van der Waals surface area contributed by atoms with Crippen molar-refractivity contribution in [3.8, 4) is 0 Å². The minimum Gasteiger partial charge on any atom is -0.379 e. The molecule has 1 aromatic rings. The van der Waals surface area contributed by atoms with E-state index in [1.54, 1.807) is 6.92 Å². The van der Waals surface area contributed by atoms with Gasteiger partial charge in [0.1, 0.15) is 6.54 Å². The molecular formula is C10H13F3N4O2. The Kier molecular flexibility index (Phi) is 3.38. The van der Waals surface area contributed by atoms with E-state index in [1.165, 1.54) is 0 Å². The number of rotatable bonds is 4. The van der Waals surface area contributed by atoms with Gasteiger partial charge in [-0.1, -0.05) is 0 Å². The third-order valence-electron chi connectivity index (χ3n) is 3.12. The summed E-state index contributed by atoms with van der Waals surface area (Å²) >= 11 is 0. The molecular weight excluding hydrogens is 265 g/mol. The van der Waals surface area contributed by atoms with Gasteiger partial charge in [0, 0.05) is 6.04 Å². The van der Waals surface area contributed by atoms with Crippen LogP contribution >= 0.6 is 0 Å². The number of carbonyl (C=O) groups is 1. The predicted octanol–water partition coefficient (Wildman–Crippen LogP) is 1.45. The van der Waals surface area contributed by atoms with Gasteiger partial charge in [-0.05, 0) is 36.0 Å². The van der Waals surface area contributed by atoms with E-state index >= 15 is 0 Å². The van der Waals surface area contributed by atoms with Crippen LogP contribution in [0.1, 0.15) is 30.3 Å². The lowest BCUT2D eigenvalue weighted by Gasteiger charge is -2.29. The average molecular weight is 278 g/mol. The number of amides is 1. The summed E-state index contributed by atoms with van der Waals surface area (Å²) in [6, 6.07) is -0.523. The normalized spacial score (nSPS) is 17.3. The second-order valence-electron chi connectivity index (χ2n) is 4.62. The molecule has 0 radical (unpaired) electrons. The largest absolute Gasteiger partial charge is 0.406 e. The van der Waals surface area contributed by atoms with Crippen molar-refractivity contribution in [3.63, 3.8) is 0 Å². The zero-order chi connectivity index (χ0) is 14.2. The van der Waals surface area contributed by atoms with Crippen molar-refractivity contribution in [1.29, 1.82) is 0 Å². The van der Waals surface area contributed by atoms with Gasteiger partial charge >= 0.3 is 6.18 Å². The maximum atomic E-state index is 12.6. The van der Waals surface area contributed by atoms with Crippen LogP contribution in [0.25, 0.3) is 0 Å². The first-order chi connectivity index (χ1) is 8.79. The zero-order valence-corrected chi connectivity index (χ0v) is 10.1. The van der Waals surface area contributed by atoms with Gasteiger partial charge in [-0.25, -0.2) is 4.63 Å². The molecule has 0 saturated heterocycles. The summed E-state index contributed by atoms with van der Waals surface area (Å²) in [6.07, 6.45) is -2.85. The van der Waals surface area contributed by atoms with E-state index in [0.717, 1.165) is 17.7 Å². The van der Waals surface area contributed by atoms with E-state index in [4.69, 9.17) is 5.73 Å². The molecule has 1 saturated carbocycles. The summed E-state index contributed by atoms with van der Waals surface area (Å²) in [4.78, 5) is 12.8. The third kappa shape index (κ3) is 3.15. The van der Waals surface area contributed by atoms with Crippen LogP contribution in [-0.2, 0) is 0 Å². The number of alkyl halides is 3. The highest BCUT2D eigenvalue weighted by Crippen LogP contribution is 2.36. The molecule has 0 aromatic carbocycles. The number of nitrogens with two attached hydrogens (primary N) is 1. The lowest BCUT2D eigenvalue weighted by atomic mass is 10.1. The van der Waals surface area contributed by atoms with Gasteiger partial charge in [0.15, 0.2) is 0 Å². The molecule has 1 atom stereocenters. The fraction of sp³-hybridized carbons (Fsp3) is 0.700. The number of carbonyl (C=O) groups excluding carboxylic acids is 1. The first-order valence-electron chi connectivity index (χ1n) is 5.75. The number of nitrogen functional groups attached to an aromatic ring is 1. The topological polar surface area (TPSA) is 85.2 Å². The Morgan fingerprint density at radius 3 is 2.58 bits per heavy atom. The number of halogens is 3. The minimum atomic E-state index is -4.48. The molecule has 1 fully saturated rings. The molecule has 1 heterocycles. The van der Waals surface area contributed by atoms with Crippen molar-refractivity contribution in [2.24, 2.45) is 5.92 Å². The zero-order valence-electron chi connectivity index (χ0n) is 10.1. The van der Waals surface area contributed by atoms with Crippen LogP contribution < -0.4 is 5.73 Å². The van der Waals surface area contributed by atoms with E-state index in [-0.39, 0.29) is 17.4 Å². The van der Waals surface area contributed by atoms with Crippen LogP contribution in [0.4, 0.5) is 19.0 Å². The Balaban J connectivity index is 2.21. The van der Waals surface area contributed by atoms with E-state index in [9.17, 15) is 18.0 Å². The molecule has 106 valence electrons. The van der Waals surface area contributed by atoms with E-state index in [0.29, 0.717) is 0 Å². The lowest BCUT2D eigenvalue weighted by Crippen LogP contribution is -2.45. The highest BCUT2D eigenvalue weighted by Gasteiger charge is 2.41. The summed E-state index contributed by atoms with van der Waals surface area (Å²) in [5, 5.41) is 6.46. The van der Waals surface area contributed by atoms with Crippen LogP contribution in [-0.4, -0.2) is 39.9 Å². The Labute approximate surface area is 106 Å². The molecule has 2 N–H and O–H groups in total. The standard InChI is InChI=1S/C10H13F3N4O2/c1-5(6-2-3-6)17(4-10(11,12)13)9(18)7-8(14)16-19-15-7/h5-6H,2-4H2,1H3,(H2,14,16). The number of anilines is 1. The van der Waals surface area contributed by atoms with Crippen molar-refractivity contribution in [2.75, 3.05) is 12.3 Å². The maximum Gasteiger partial charge on any atom is 0.406 e. The van der Waals surface area contributed by atoms with Crippen molar-refractivity contribution in [1.82, 2.24) is 15.2 Å². The number of hydrogen-bond acceptors (Lipinski definition) is 5. The van der Waals surface area contributed by atoms with Gasteiger partial charge < -0.3 is 10.6 Å². The van der Waals surface area contributed by atoms with Gasteiger partial charge in [0.05, 0.1) is 0 Å². The fourth-order valence-electron chi connectivity index (χ4n) is 1.91. The highest BCUT2D eigenvalue weighted by molar-refractivity contribution is 5.96. The van der Waals surface area contributed by atoms with Crippen LogP contribution in [0.5, 0.6) is 0 Å². The van der Waals surface area contributed by atoms with Crippen molar-refractivity contribution in [3.05, 3.63) is 5.69 Å². The molecule has 0 aliphatic heterocycles. The lowest BCUT2D eigenvalue weighted by molar-refractivity contribution is -0.144. The Bertz CT molecular complexity index is 470. The van der Waals surface area contributed by atoms with Gasteiger partial charge in [-0.15, -0.1) is 0 Å². The summed E-state index contributed by atoms with van der Waals surface area (Å²) in [6.45, 7) is 0.251.